The molecule has 0 atom stereocenters. The van der Waals surface area contributed by atoms with Crippen LogP contribution in [0.2, 0.25) is 0 Å². The Bertz CT molecular complexity index is 671. The first kappa shape index (κ1) is 17.7. The third kappa shape index (κ3) is 4.94. The minimum atomic E-state index is -3.12. The number of benzene rings is 1. The Morgan fingerprint density at radius 1 is 1.35 bits per heavy atom. The van der Waals surface area contributed by atoms with Gasteiger partial charge >= 0.3 is 0 Å². The maximum atomic E-state index is 11.6. The van der Waals surface area contributed by atoms with Gasteiger partial charge in [0, 0.05) is 25.8 Å². The van der Waals surface area contributed by atoms with E-state index in [0.29, 0.717) is 25.5 Å². The molecule has 1 aliphatic rings. The van der Waals surface area contributed by atoms with Gasteiger partial charge in [-0.1, -0.05) is 6.07 Å². The van der Waals surface area contributed by atoms with E-state index < -0.39 is 10.0 Å². The highest BCUT2D eigenvalue weighted by atomic mass is 32.2. The summed E-state index contributed by atoms with van der Waals surface area (Å²) in [4.78, 5) is 4.25. The van der Waals surface area contributed by atoms with E-state index in [1.54, 1.807) is 14.0 Å². The Balaban J connectivity index is 1.80. The van der Waals surface area contributed by atoms with Crippen LogP contribution in [0.3, 0.4) is 0 Å². The molecule has 0 bridgehead atoms. The maximum absolute atomic E-state index is 11.6. The molecule has 0 spiro atoms. The van der Waals surface area contributed by atoms with E-state index in [1.807, 2.05) is 6.07 Å². The number of nitrogens with one attached hydrogen (secondary N) is 1. The largest absolute Gasteiger partial charge is 0.370 e. The first-order valence-electron chi connectivity index (χ1n) is 8.05. The van der Waals surface area contributed by atoms with Crippen molar-refractivity contribution < 1.29 is 8.42 Å². The SMILES string of the molecule is CCS(=O)(=O)N(C)CCCN=C(N)Nc1ccc2c(c1)CCC2. The van der Waals surface area contributed by atoms with Gasteiger partial charge in [0.05, 0.1) is 5.75 Å². The van der Waals surface area contributed by atoms with Crippen molar-refractivity contribution >= 4 is 21.7 Å². The molecule has 1 aromatic carbocycles. The smallest absolute Gasteiger partial charge is 0.213 e. The lowest BCUT2D eigenvalue weighted by atomic mass is 10.1. The highest BCUT2D eigenvalue weighted by Gasteiger charge is 2.14. The monoisotopic (exact) mass is 338 g/mol. The van der Waals surface area contributed by atoms with Crippen molar-refractivity contribution in [1.29, 1.82) is 0 Å². The molecule has 0 fully saturated rings. The molecule has 6 nitrogen and oxygen atoms in total. The summed E-state index contributed by atoms with van der Waals surface area (Å²) in [7, 11) is -1.52. The molecule has 7 heteroatoms. The minimum absolute atomic E-state index is 0.120. The average molecular weight is 338 g/mol. The van der Waals surface area contributed by atoms with Gasteiger partial charge in [0.2, 0.25) is 10.0 Å². The number of aryl methyl sites for hydroxylation is 2. The number of anilines is 1. The summed E-state index contributed by atoms with van der Waals surface area (Å²) in [5, 5.41) is 3.10. The van der Waals surface area contributed by atoms with Gasteiger partial charge in [-0.3, -0.25) is 4.99 Å². The number of nitrogens with zero attached hydrogens (tertiary/aromatic N) is 2. The molecular formula is C16H26N4O2S. The van der Waals surface area contributed by atoms with Crippen LogP contribution in [0.1, 0.15) is 30.9 Å². The van der Waals surface area contributed by atoms with Gasteiger partial charge in [0.15, 0.2) is 5.96 Å². The van der Waals surface area contributed by atoms with Gasteiger partial charge in [-0.25, -0.2) is 12.7 Å². The molecule has 0 saturated carbocycles. The van der Waals surface area contributed by atoms with Gasteiger partial charge in [-0.2, -0.15) is 0 Å². The number of fused-ring (bicyclic) bond motifs is 1. The quantitative estimate of drug-likeness (QED) is 0.449. The standard InChI is InChI=1S/C16H26N4O2S/c1-3-23(21,22)20(2)11-5-10-18-16(17)19-15-9-8-13-6-4-7-14(13)12-15/h8-9,12H,3-7,10-11H2,1-2H3,(H3,17,18,19). The molecule has 0 aromatic heterocycles. The van der Waals surface area contributed by atoms with E-state index in [9.17, 15) is 8.42 Å². The van der Waals surface area contributed by atoms with Crippen molar-refractivity contribution in [2.45, 2.75) is 32.6 Å². The highest BCUT2D eigenvalue weighted by molar-refractivity contribution is 7.89. The predicted molar refractivity (Wildman–Crippen MR) is 95.3 cm³/mol. The van der Waals surface area contributed by atoms with E-state index >= 15 is 0 Å². The van der Waals surface area contributed by atoms with Crippen molar-refractivity contribution in [2.24, 2.45) is 10.7 Å². The molecule has 1 aliphatic carbocycles. The fraction of sp³-hybridized carbons (Fsp3) is 0.562. The molecule has 0 amide bonds. The van der Waals surface area contributed by atoms with Gasteiger partial charge in [0.25, 0.3) is 0 Å². The summed E-state index contributed by atoms with van der Waals surface area (Å²) in [5.41, 5.74) is 9.65. The van der Waals surface area contributed by atoms with Crippen molar-refractivity contribution in [3.05, 3.63) is 29.3 Å². The number of rotatable bonds is 7. The Morgan fingerprint density at radius 3 is 2.83 bits per heavy atom. The van der Waals surface area contributed by atoms with Crippen LogP contribution < -0.4 is 11.1 Å². The molecule has 1 aromatic rings. The first-order chi connectivity index (χ1) is 10.9. The molecule has 0 saturated heterocycles. The second kappa shape index (κ2) is 7.79. The molecule has 23 heavy (non-hydrogen) atoms. The Kier molecular flexibility index (Phi) is 6.01. The molecule has 0 unspecified atom stereocenters. The molecule has 0 heterocycles. The van der Waals surface area contributed by atoms with Crippen LogP contribution in [0.25, 0.3) is 0 Å². The number of hydrogen-bond donors (Lipinski definition) is 2. The van der Waals surface area contributed by atoms with Crippen molar-refractivity contribution in [3.8, 4) is 0 Å². The van der Waals surface area contributed by atoms with Gasteiger partial charge in [0.1, 0.15) is 0 Å². The molecule has 2 rings (SSSR count). The second-order valence-electron chi connectivity index (χ2n) is 5.80. The van der Waals surface area contributed by atoms with E-state index in [2.05, 4.69) is 22.4 Å². The summed E-state index contributed by atoms with van der Waals surface area (Å²) in [6, 6.07) is 6.29. The minimum Gasteiger partial charge on any atom is -0.370 e. The normalized spacial score (nSPS) is 15.0. The van der Waals surface area contributed by atoms with Crippen LogP contribution in [0, 0.1) is 0 Å². The zero-order valence-corrected chi connectivity index (χ0v) is 14.7. The number of nitrogens with two attached hydrogens (primary N) is 1. The molecule has 0 aliphatic heterocycles. The fourth-order valence-electron chi connectivity index (χ4n) is 2.69. The Hall–Kier alpha value is -1.60. The number of sulfonamides is 1. The van der Waals surface area contributed by atoms with Crippen LogP contribution in [-0.2, 0) is 22.9 Å². The molecule has 3 N–H and O–H groups in total. The summed E-state index contributed by atoms with van der Waals surface area (Å²) in [5.74, 6) is 0.485. The van der Waals surface area contributed by atoms with Crippen LogP contribution in [-0.4, -0.2) is 44.6 Å². The number of guanidine groups is 1. The summed E-state index contributed by atoms with van der Waals surface area (Å²) < 4.78 is 24.6. The van der Waals surface area contributed by atoms with Crippen LogP contribution in [0.4, 0.5) is 5.69 Å². The van der Waals surface area contributed by atoms with E-state index in [4.69, 9.17) is 5.73 Å². The lowest BCUT2D eigenvalue weighted by Gasteiger charge is -2.15. The zero-order valence-electron chi connectivity index (χ0n) is 13.9. The Labute approximate surface area is 138 Å². The lowest BCUT2D eigenvalue weighted by Crippen LogP contribution is -2.30. The highest BCUT2D eigenvalue weighted by Crippen LogP contribution is 2.24. The van der Waals surface area contributed by atoms with Crippen molar-refractivity contribution in [1.82, 2.24) is 4.31 Å². The van der Waals surface area contributed by atoms with Gasteiger partial charge in [-0.15, -0.1) is 0 Å². The average Bonchev–Trinajstić information content (AvgIpc) is 2.98. The predicted octanol–water partition coefficient (Wildman–Crippen LogP) is 1.57. The fourth-order valence-corrected chi connectivity index (χ4v) is 3.54. The summed E-state index contributed by atoms with van der Waals surface area (Å²) in [6.07, 6.45) is 4.15. The van der Waals surface area contributed by atoms with Crippen LogP contribution >= 0.6 is 0 Å². The van der Waals surface area contributed by atoms with Gasteiger partial charge < -0.3 is 11.1 Å². The van der Waals surface area contributed by atoms with Crippen molar-refractivity contribution in [2.75, 3.05) is 31.2 Å². The number of aliphatic imine (C=N–C) groups is 1. The van der Waals surface area contributed by atoms with E-state index in [1.165, 1.54) is 21.9 Å². The summed E-state index contributed by atoms with van der Waals surface area (Å²) >= 11 is 0. The molecule has 0 radical (unpaired) electrons. The maximum Gasteiger partial charge on any atom is 0.213 e. The Morgan fingerprint density at radius 2 is 2.09 bits per heavy atom. The van der Waals surface area contributed by atoms with Crippen LogP contribution in [0.15, 0.2) is 23.2 Å². The third-order valence-corrected chi connectivity index (χ3v) is 5.99. The first-order valence-corrected chi connectivity index (χ1v) is 9.66. The third-order valence-electron chi connectivity index (χ3n) is 4.12. The van der Waals surface area contributed by atoms with E-state index in [-0.39, 0.29) is 5.75 Å². The number of hydrogen-bond acceptors (Lipinski definition) is 3. The van der Waals surface area contributed by atoms with Gasteiger partial charge in [-0.05, 0) is 55.9 Å². The van der Waals surface area contributed by atoms with Crippen molar-refractivity contribution in [3.63, 3.8) is 0 Å². The van der Waals surface area contributed by atoms with E-state index in [0.717, 1.165) is 18.5 Å². The zero-order chi connectivity index (χ0) is 16.9. The topological polar surface area (TPSA) is 87.8 Å². The van der Waals surface area contributed by atoms with Crippen LogP contribution in [0.5, 0.6) is 0 Å². The summed E-state index contributed by atoms with van der Waals surface area (Å²) in [6.45, 7) is 2.58. The second-order valence-corrected chi connectivity index (χ2v) is 8.17. The molecule has 128 valence electrons. The lowest BCUT2D eigenvalue weighted by molar-refractivity contribution is 0.465. The molecular weight excluding hydrogens is 312 g/mol.